The number of benzene rings is 1. The monoisotopic (exact) mass is 308 g/mol. The van der Waals surface area contributed by atoms with Gasteiger partial charge in [-0.2, -0.15) is 0 Å². The molecule has 1 rings (SSSR count). The van der Waals surface area contributed by atoms with Crippen molar-refractivity contribution >= 4 is 17.9 Å². The SMILES string of the molecule is CCOC(=O)Nc1ccccc1CCNC(=O)OC(C)(C)C. The largest absolute Gasteiger partial charge is 0.450 e. The number of rotatable bonds is 5. The van der Waals surface area contributed by atoms with Crippen LogP contribution in [0.2, 0.25) is 0 Å². The Morgan fingerprint density at radius 2 is 1.82 bits per heavy atom. The molecular weight excluding hydrogens is 284 g/mol. The summed E-state index contributed by atoms with van der Waals surface area (Å²) in [5, 5.41) is 5.37. The van der Waals surface area contributed by atoms with Gasteiger partial charge in [-0.05, 0) is 45.7 Å². The van der Waals surface area contributed by atoms with Crippen molar-refractivity contribution in [3.05, 3.63) is 29.8 Å². The maximum atomic E-state index is 11.6. The van der Waals surface area contributed by atoms with Gasteiger partial charge in [-0.3, -0.25) is 5.32 Å². The van der Waals surface area contributed by atoms with E-state index in [0.717, 1.165) is 5.56 Å². The molecule has 0 bridgehead atoms. The minimum Gasteiger partial charge on any atom is -0.450 e. The van der Waals surface area contributed by atoms with Crippen molar-refractivity contribution < 1.29 is 19.1 Å². The number of alkyl carbamates (subject to hydrolysis) is 1. The summed E-state index contributed by atoms with van der Waals surface area (Å²) in [7, 11) is 0. The smallest absolute Gasteiger partial charge is 0.411 e. The first kappa shape index (κ1) is 17.8. The molecule has 0 aromatic heterocycles. The van der Waals surface area contributed by atoms with Crippen LogP contribution in [0.15, 0.2) is 24.3 Å². The summed E-state index contributed by atoms with van der Waals surface area (Å²) in [6.45, 7) is 7.91. The second-order valence-corrected chi connectivity index (χ2v) is 5.68. The lowest BCUT2D eigenvalue weighted by Gasteiger charge is -2.19. The lowest BCUT2D eigenvalue weighted by atomic mass is 10.1. The van der Waals surface area contributed by atoms with Crippen molar-refractivity contribution in [1.29, 1.82) is 0 Å². The Balaban J connectivity index is 2.52. The van der Waals surface area contributed by atoms with Gasteiger partial charge in [-0.15, -0.1) is 0 Å². The van der Waals surface area contributed by atoms with Gasteiger partial charge in [0.05, 0.1) is 6.61 Å². The minimum atomic E-state index is -0.520. The van der Waals surface area contributed by atoms with Crippen LogP contribution in [0.3, 0.4) is 0 Å². The third-order valence-corrected chi connectivity index (χ3v) is 2.59. The van der Waals surface area contributed by atoms with Gasteiger partial charge in [0.1, 0.15) is 5.60 Å². The second kappa shape index (κ2) is 8.26. The number of para-hydroxylation sites is 1. The van der Waals surface area contributed by atoms with Crippen LogP contribution in [0.5, 0.6) is 0 Å². The number of carbonyl (C=O) groups excluding carboxylic acids is 2. The molecule has 0 aliphatic carbocycles. The Kier molecular flexibility index (Phi) is 6.69. The summed E-state index contributed by atoms with van der Waals surface area (Å²) in [6, 6.07) is 7.38. The van der Waals surface area contributed by atoms with E-state index in [1.54, 1.807) is 13.0 Å². The Morgan fingerprint density at radius 3 is 2.45 bits per heavy atom. The molecule has 122 valence electrons. The van der Waals surface area contributed by atoms with Crippen molar-refractivity contribution in [2.24, 2.45) is 0 Å². The molecule has 1 aromatic rings. The van der Waals surface area contributed by atoms with Crippen LogP contribution in [0.25, 0.3) is 0 Å². The third-order valence-electron chi connectivity index (χ3n) is 2.59. The summed E-state index contributed by atoms with van der Waals surface area (Å²) in [5.41, 5.74) is 1.06. The first-order chi connectivity index (χ1) is 10.3. The van der Waals surface area contributed by atoms with Crippen LogP contribution in [0, 0.1) is 0 Å². The minimum absolute atomic E-state index is 0.314. The quantitative estimate of drug-likeness (QED) is 0.875. The highest BCUT2D eigenvalue weighted by molar-refractivity contribution is 5.85. The highest BCUT2D eigenvalue weighted by Crippen LogP contribution is 2.15. The van der Waals surface area contributed by atoms with E-state index in [1.807, 2.05) is 39.0 Å². The van der Waals surface area contributed by atoms with Gasteiger partial charge >= 0.3 is 12.2 Å². The molecular formula is C16H24N2O4. The summed E-state index contributed by atoms with van der Waals surface area (Å²) in [4.78, 5) is 23.1. The van der Waals surface area contributed by atoms with E-state index in [9.17, 15) is 9.59 Å². The van der Waals surface area contributed by atoms with Gasteiger partial charge in [-0.25, -0.2) is 9.59 Å². The molecule has 6 heteroatoms. The molecule has 0 saturated carbocycles. The van der Waals surface area contributed by atoms with E-state index in [-0.39, 0.29) is 0 Å². The third kappa shape index (κ3) is 6.97. The number of anilines is 1. The molecule has 2 N–H and O–H groups in total. The standard InChI is InChI=1S/C16H24N2O4/c1-5-21-15(20)18-13-9-7-6-8-12(13)10-11-17-14(19)22-16(2,3)4/h6-9H,5,10-11H2,1-4H3,(H,17,19)(H,18,20). The maximum Gasteiger partial charge on any atom is 0.411 e. The first-order valence-corrected chi connectivity index (χ1v) is 7.30. The van der Waals surface area contributed by atoms with Gasteiger partial charge in [0.25, 0.3) is 0 Å². The fourth-order valence-corrected chi connectivity index (χ4v) is 1.75. The van der Waals surface area contributed by atoms with Crippen LogP contribution in [0.4, 0.5) is 15.3 Å². The normalized spacial score (nSPS) is 10.7. The van der Waals surface area contributed by atoms with Gasteiger partial charge in [0.2, 0.25) is 0 Å². The molecule has 0 aliphatic rings. The van der Waals surface area contributed by atoms with Crippen molar-refractivity contribution in [1.82, 2.24) is 5.32 Å². The topological polar surface area (TPSA) is 76.7 Å². The summed E-state index contributed by atoms with van der Waals surface area (Å²) in [5.74, 6) is 0. The van der Waals surface area contributed by atoms with Gasteiger partial charge in [0.15, 0.2) is 0 Å². The molecule has 0 saturated heterocycles. The molecule has 6 nitrogen and oxygen atoms in total. The lowest BCUT2D eigenvalue weighted by molar-refractivity contribution is 0.0528. The Labute approximate surface area is 131 Å². The second-order valence-electron chi connectivity index (χ2n) is 5.68. The average molecular weight is 308 g/mol. The predicted octanol–water partition coefficient (Wildman–Crippen LogP) is 3.32. The highest BCUT2D eigenvalue weighted by atomic mass is 16.6. The first-order valence-electron chi connectivity index (χ1n) is 7.30. The number of carbonyl (C=O) groups is 2. The molecule has 0 heterocycles. The van der Waals surface area contributed by atoms with E-state index in [4.69, 9.17) is 9.47 Å². The van der Waals surface area contributed by atoms with Crippen molar-refractivity contribution in [2.45, 2.75) is 39.7 Å². The molecule has 0 radical (unpaired) electrons. The van der Waals surface area contributed by atoms with Crippen LogP contribution in [-0.4, -0.2) is 30.9 Å². The molecule has 1 aromatic carbocycles. The number of nitrogens with one attached hydrogen (secondary N) is 2. The molecule has 22 heavy (non-hydrogen) atoms. The Morgan fingerprint density at radius 1 is 1.14 bits per heavy atom. The summed E-state index contributed by atoms with van der Waals surface area (Å²) >= 11 is 0. The molecule has 2 amide bonds. The Bertz CT molecular complexity index is 509. The summed E-state index contributed by atoms with van der Waals surface area (Å²) < 4.78 is 10.0. The van der Waals surface area contributed by atoms with Gasteiger partial charge in [0, 0.05) is 12.2 Å². The zero-order valence-electron chi connectivity index (χ0n) is 13.6. The zero-order chi connectivity index (χ0) is 16.6. The molecule has 0 fully saturated rings. The number of hydrogen-bond acceptors (Lipinski definition) is 4. The van der Waals surface area contributed by atoms with E-state index in [0.29, 0.717) is 25.3 Å². The van der Waals surface area contributed by atoms with Crippen molar-refractivity contribution in [2.75, 3.05) is 18.5 Å². The summed E-state index contributed by atoms with van der Waals surface area (Å²) in [6.07, 6.45) is -0.375. The van der Waals surface area contributed by atoms with Gasteiger partial charge in [-0.1, -0.05) is 18.2 Å². The molecule has 0 atom stereocenters. The molecule has 0 spiro atoms. The highest BCUT2D eigenvalue weighted by Gasteiger charge is 2.15. The van der Waals surface area contributed by atoms with Crippen LogP contribution in [0.1, 0.15) is 33.3 Å². The zero-order valence-corrected chi connectivity index (χ0v) is 13.6. The van der Waals surface area contributed by atoms with Crippen LogP contribution in [-0.2, 0) is 15.9 Å². The van der Waals surface area contributed by atoms with Crippen molar-refractivity contribution in [3.63, 3.8) is 0 Å². The maximum absolute atomic E-state index is 11.6. The van der Waals surface area contributed by atoms with Gasteiger partial charge < -0.3 is 14.8 Å². The van der Waals surface area contributed by atoms with Crippen LogP contribution < -0.4 is 10.6 Å². The molecule has 0 unspecified atom stereocenters. The van der Waals surface area contributed by atoms with E-state index >= 15 is 0 Å². The number of ether oxygens (including phenoxy) is 2. The van der Waals surface area contributed by atoms with Crippen molar-refractivity contribution in [3.8, 4) is 0 Å². The fraction of sp³-hybridized carbons (Fsp3) is 0.500. The Hall–Kier alpha value is -2.24. The number of hydrogen-bond donors (Lipinski definition) is 2. The average Bonchev–Trinajstić information content (AvgIpc) is 2.39. The predicted molar refractivity (Wildman–Crippen MR) is 85.0 cm³/mol. The van der Waals surface area contributed by atoms with E-state index < -0.39 is 17.8 Å². The van der Waals surface area contributed by atoms with Crippen LogP contribution >= 0.6 is 0 Å². The lowest BCUT2D eigenvalue weighted by Crippen LogP contribution is -2.33. The fourth-order valence-electron chi connectivity index (χ4n) is 1.75. The van der Waals surface area contributed by atoms with E-state index in [1.165, 1.54) is 0 Å². The van der Waals surface area contributed by atoms with E-state index in [2.05, 4.69) is 10.6 Å². The molecule has 0 aliphatic heterocycles. The number of amides is 2.